The second kappa shape index (κ2) is 7.20. The fourth-order valence-electron chi connectivity index (χ4n) is 2.19. The summed E-state index contributed by atoms with van der Waals surface area (Å²) in [6.07, 6.45) is 1.64. The van der Waals surface area contributed by atoms with Gasteiger partial charge in [-0.3, -0.25) is 0 Å². The molecule has 0 saturated carbocycles. The van der Waals surface area contributed by atoms with Crippen molar-refractivity contribution in [2.24, 2.45) is 0 Å². The van der Waals surface area contributed by atoms with Gasteiger partial charge in [0.05, 0.1) is 26.5 Å². The van der Waals surface area contributed by atoms with Crippen molar-refractivity contribution in [3.8, 4) is 11.5 Å². The van der Waals surface area contributed by atoms with Crippen LogP contribution in [0.2, 0.25) is 5.02 Å². The van der Waals surface area contributed by atoms with Crippen molar-refractivity contribution < 1.29 is 13.9 Å². The molecule has 0 spiro atoms. The maximum absolute atomic E-state index is 6.42. The van der Waals surface area contributed by atoms with Gasteiger partial charge in [-0.2, -0.15) is 0 Å². The average molecular weight is 375 g/mol. The molecule has 2 rings (SSSR count). The van der Waals surface area contributed by atoms with Crippen LogP contribution in [0.1, 0.15) is 24.1 Å². The molecule has 6 heteroatoms. The van der Waals surface area contributed by atoms with Crippen LogP contribution < -0.4 is 14.8 Å². The van der Waals surface area contributed by atoms with Crippen molar-refractivity contribution in [2.75, 3.05) is 20.8 Å². The van der Waals surface area contributed by atoms with E-state index in [1.807, 2.05) is 19.1 Å². The van der Waals surface area contributed by atoms with Gasteiger partial charge >= 0.3 is 0 Å². The van der Waals surface area contributed by atoms with Gasteiger partial charge in [0.1, 0.15) is 0 Å². The number of rotatable bonds is 6. The molecule has 0 radical (unpaired) electrons. The van der Waals surface area contributed by atoms with Gasteiger partial charge in [0, 0.05) is 16.7 Å². The minimum absolute atomic E-state index is 0.101. The summed E-state index contributed by atoms with van der Waals surface area (Å²) in [4.78, 5) is 0. The summed E-state index contributed by atoms with van der Waals surface area (Å²) in [6, 6.07) is 5.45. The lowest BCUT2D eigenvalue weighted by atomic mass is 10.0. The van der Waals surface area contributed by atoms with E-state index in [9.17, 15) is 0 Å². The van der Waals surface area contributed by atoms with Crippen molar-refractivity contribution in [1.29, 1.82) is 0 Å². The van der Waals surface area contributed by atoms with Crippen molar-refractivity contribution in [3.63, 3.8) is 0 Å². The number of benzene rings is 1. The van der Waals surface area contributed by atoms with Crippen molar-refractivity contribution in [1.82, 2.24) is 5.32 Å². The SMILES string of the molecule is CCNC(c1cc(OC)c(OC)cc1Cl)c1ccoc1Br. The third kappa shape index (κ3) is 3.36. The molecule has 1 N–H and O–H groups in total. The number of furan rings is 1. The van der Waals surface area contributed by atoms with Crippen LogP contribution >= 0.6 is 27.5 Å². The van der Waals surface area contributed by atoms with Gasteiger partial charge in [-0.05, 0) is 40.2 Å². The Morgan fingerprint density at radius 3 is 2.43 bits per heavy atom. The van der Waals surface area contributed by atoms with E-state index in [1.165, 1.54) is 0 Å². The standard InChI is InChI=1S/C15H17BrClNO3/c1-4-18-14(9-5-6-21-15(9)16)10-7-12(19-2)13(20-3)8-11(10)17/h5-8,14,18H,4H2,1-3H3. The number of hydrogen-bond acceptors (Lipinski definition) is 4. The number of methoxy groups -OCH3 is 2. The average Bonchev–Trinajstić information content (AvgIpc) is 2.90. The second-order valence-electron chi connectivity index (χ2n) is 4.37. The first-order valence-corrected chi connectivity index (χ1v) is 7.67. The van der Waals surface area contributed by atoms with Crippen LogP contribution in [-0.2, 0) is 0 Å². The molecule has 21 heavy (non-hydrogen) atoms. The van der Waals surface area contributed by atoms with Gasteiger partial charge in [0.15, 0.2) is 16.2 Å². The minimum Gasteiger partial charge on any atom is -0.493 e. The van der Waals surface area contributed by atoms with Crippen molar-refractivity contribution >= 4 is 27.5 Å². The maximum Gasteiger partial charge on any atom is 0.174 e. The Hall–Kier alpha value is -1.17. The van der Waals surface area contributed by atoms with Crippen LogP contribution in [0.5, 0.6) is 11.5 Å². The highest BCUT2D eigenvalue weighted by Gasteiger charge is 2.22. The predicted octanol–water partition coefficient (Wildman–Crippen LogP) is 4.41. The highest BCUT2D eigenvalue weighted by atomic mass is 79.9. The normalized spacial score (nSPS) is 12.2. The van der Waals surface area contributed by atoms with E-state index in [0.29, 0.717) is 21.2 Å². The summed E-state index contributed by atoms with van der Waals surface area (Å²) in [5, 5.41) is 4.00. The Kier molecular flexibility index (Phi) is 5.56. The Morgan fingerprint density at radius 2 is 1.90 bits per heavy atom. The van der Waals surface area contributed by atoms with Gasteiger partial charge in [0.2, 0.25) is 0 Å². The van der Waals surface area contributed by atoms with Gasteiger partial charge in [-0.15, -0.1) is 0 Å². The molecule has 114 valence electrons. The Bertz CT molecular complexity index is 615. The highest BCUT2D eigenvalue weighted by Crippen LogP contribution is 2.39. The molecule has 0 amide bonds. The molecule has 1 aromatic heterocycles. The lowest BCUT2D eigenvalue weighted by Crippen LogP contribution is -2.22. The molecule has 2 aromatic rings. The fourth-order valence-corrected chi connectivity index (χ4v) is 2.92. The summed E-state index contributed by atoms with van der Waals surface area (Å²) >= 11 is 9.83. The zero-order valence-corrected chi connectivity index (χ0v) is 14.4. The monoisotopic (exact) mass is 373 g/mol. The number of hydrogen-bond donors (Lipinski definition) is 1. The van der Waals surface area contributed by atoms with E-state index in [2.05, 4.69) is 21.2 Å². The van der Waals surface area contributed by atoms with E-state index in [4.69, 9.17) is 25.5 Å². The van der Waals surface area contributed by atoms with E-state index in [0.717, 1.165) is 17.7 Å². The first-order chi connectivity index (χ1) is 10.1. The molecular weight excluding hydrogens is 358 g/mol. The summed E-state index contributed by atoms with van der Waals surface area (Å²) < 4.78 is 16.6. The molecule has 4 nitrogen and oxygen atoms in total. The van der Waals surface area contributed by atoms with Crippen LogP contribution in [0.3, 0.4) is 0 Å². The van der Waals surface area contributed by atoms with E-state index in [1.54, 1.807) is 26.5 Å². The Labute approximate surface area is 137 Å². The van der Waals surface area contributed by atoms with Gasteiger partial charge in [0.25, 0.3) is 0 Å². The fraction of sp³-hybridized carbons (Fsp3) is 0.333. The molecular formula is C15H17BrClNO3. The number of nitrogens with one attached hydrogen (secondary N) is 1. The van der Waals surface area contributed by atoms with Crippen LogP contribution in [0.25, 0.3) is 0 Å². The summed E-state index contributed by atoms with van der Waals surface area (Å²) in [7, 11) is 3.19. The van der Waals surface area contributed by atoms with Crippen molar-refractivity contribution in [2.45, 2.75) is 13.0 Å². The van der Waals surface area contributed by atoms with Gasteiger partial charge in [-0.25, -0.2) is 0 Å². The zero-order chi connectivity index (χ0) is 15.4. The topological polar surface area (TPSA) is 43.6 Å². The third-order valence-electron chi connectivity index (χ3n) is 3.18. The molecule has 0 saturated heterocycles. The molecule has 0 aliphatic rings. The Balaban J connectivity index is 2.53. The molecule has 0 aliphatic carbocycles. The maximum atomic E-state index is 6.42. The molecule has 1 aromatic carbocycles. The Morgan fingerprint density at radius 1 is 1.24 bits per heavy atom. The first kappa shape index (κ1) is 16.2. The highest BCUT2D eigenvalue weighted by molar-refractivity contribution is 9.10. The lowest BCUT2D eigenvalue weighted by molar-refractivity contribution is 0.354. The molecule has 1 heterocycles. The predicted molar refractivity (Wildman–Crippen MR) is 86.5 cm³/mol. The zero-order valence-electron chi connectivity index (χ0n) is 12.1. The third-order valence-corrected chi connectivity index (χ3v) is 4.15. The van der Waals surface area contributed by atoms with E-state index < -0.39 is 0 Å². The summed E-state index contributed by atoms with van der Waals surface area (Å²) in [5.74, 6) is 1.24. The van der Waals surface area contributed by atoms with E-state index in [-0.39, 0.29) is 6.04 Å². The van der Waals surface area contributed by atoms with Crippen LogP contribution in [0.4, 0.5) is 0 Å². The molecule has 0 aliphatic heterocycles. The first-order valence-electron chi connectivity index (χ1n) is 6.50. The minimum atomic E-state index is -0.101. The van der Waals surface area contributed by atoms with Crippen LogP contribution in [0.15, 0.2) is 33.5 Å². The van der Waals surface area contributed by atoms with Crippen LogP contribution in [0, 0.1) is 0 Å². The van der Waals surface area contributed by atoms with Crippen LogP contribution in [-0.4, -0.2) is 20.8 Å². The summed E-state index contributed by atoms with van der Waals surface area (Å²) in [6.45, 7) is 2.82. The second-order valence-corrected chi connectivity index (χ2v) is 5.50. The molecule has 0 fully saturated rings. The van der Waals surface area contributed by atoms with Crippen molar-refractivity contribution in [3.05, 3.63) is 45.3 Å². The number of halogens is 2. The largest absolute Gasteiger partial charge is 0.493 e. The van der Waals surface area contributed by atoms with E-state index >= 15 is 0 Å². The quantitative estimate of drug-likeness (QED) is 0.813. The summed E-state index contributed by atoms with van der Waals surface area (Å²) in [5.41, 5.74) is 1.88. The molecule has 0 bridgehead atoms. The smallest absolute Gasteiger partial charge is 0.174 e. The lowest BCUT2D eigenvalue weighted by Gasteiger charge is -2.20. The number of ether oxygens (including phenoxy) is 2. The van der Waals surface area contributed by atoms with Gasteiger partial charge in [-0.1, -0.05) is 18.5 Å². The van der Waals surface area contributed by atoms with Gasteiger partial charge < -0.3 is 19.2 Å². The molecule has 1 unspecified atom stereocenters. The molecule has 1 atom stereocenters.